The van der Waals surface area contributed by atoms with Crippen LogP contribution in [0.25, 0.3) is 11.8 Å². The fraction of sp³-hybridized carbons (Fsp3) is 0.364. The van der Waals surface area contributed by atoms with Crippen LogP contribution in [-0.2, 0) is 0 Å². The molecule has 0 spiro atoms. The van der Waals surface area contributed by atoms with Crippen molar-refractivity contribution in [3.63, 3.8) is 0 Å². The first-order chi connectivity index (χ1) is 11.8. The van der Waals surface area contributed by atoms with Crippen LogP contribution in [0.1, 0.15) is 45.9 Å². The van der Waals surface area contributed by atoms with Crippen LogP contribution in [0.15, 0.2) is 59.3 Å². The van der Waals surface area contributed by atoms with Crippen molar-refractivity contribution in [1.29, 1.82) is 0 Å². The van der Waals surface area contributed by atoms with Gasteiger partial charge in [-0.3, -0.25) is 9.98 Å². The van der Waals surface area contributed by atoms with Gasteiger partial charge in [0, 0.05) is 37.6 Å². The summed E-state index contributed by atoms with van der Waals surface area (Å²) in [5.41, 5.74) is 6.44. The Balaban J connectivity index is 3.23. The molecule has 0 amide bonds. The lowest BCUT2D eigenvalue weighted by Gasteiger charge is -2.20. The van der Waals surface area contributed by atoms with Gasteiger partial charge in [0.15, 0.2) is 0 Å². The molecule has 0 N–H and O–H groups in total. The van der Waals surface area contributed by atoms with E-state index in [1.807, 2.05) is 45.4 Å². The van der Waals surface area contributed by atoms with Crippen LogP contribution in [0.5, 0.6) is 0 Å². The molecule has 1 rings (SSSR count). The first-order valence-electron chi connectivity index (χ1n) is 8.63. The molecule has 134 valence electrons. The van der Waals surface area contributed by atoms with E-state index in [2.05, 4.69) is 67.4 Å². The molecule has 25 heavy (non-hydrogen) atoms. The highest BCUT2D eigenvalue weighted by Gasteiger charge is 2.11. The van der Waals surface area contributed by atoms with Crippen molar-refractivity contribution < 1.29 is 0 Å². The van der Waals surface area contributed by atoms with E-state index < -0.39 is 0 Å². The Kier molecular flexibility index (Phi) is 8.06. The molecule has 1 aromatic rings. The zero-order valence-electron chi connectivity index (χ0n) is 16.7. The molecule has 1 heterocycles. The highest BCUT2D eigenvalue weighted by molar-refractivity contribution is 5.93. The van der Waals surface area contributed by atoms with Crippen LogP contribution in [0.3, 0.4) is 0 Å². The van der Waals surface area contributed by atoms with Crippen LogP contribution in [0, 0.1) is 0 Å². The fourth-order valence-electron chi connectivity index (χ4n) is 2.69. The fourth-order valence-corrected chi connectivity index (χ4v) is 2.69. The average molecular weight is 338 g/mol. The van der Waals surface area contributed by atoms with Gasteiger partial charge in [-0.05, 0) is 57.9 Å². The summed E-state index contributed by atoms with van der Waals surface area (Å²) in [5.74, 6) is 0. The van der Waals surface area contributed by atoms with E-state index in [4.69, 9.17) is 0 Å². The number of rotatable bonds is 7. The quantitative estimate of drug-likeness (QED) is 0.493. The SMILES string of the molecule is C=Cc1cccnc1\C(=C(C)/C=C\C(C)=C\C(C)=NC(C)C)N(C)C. The molecule has 0 aliphatic rings. The van der Waals surface area contributed by atoms with Gasteiger partial charge in [0.25, 0.3) is 0 Å². The van der Waals surface area contributed by atoms with E-state index in [-0.39, 0.29) is 0 Å². The molecule has 0 bridgehead atoms. The molecular formula is C22H31N3. The van der Waals surface area contributed by atoms with Gasteiger partial charge in [-0.15, -0.1) is 0 Å². The van der Waals surface area contributed by atoms with Crippen LogP contribution < -0.4 is 0 Å². The summed E-state index contributed by atoms with van der Waals surface area (Å²) >= 11 is 0. The van der Waals surface area contributed by atoms with Gasteiger partial charge in [-0.2, -0.15) is 0 Å². The highest BCUT2D eigenvalue weighted by atomic mass is 15.1. The summed E-state index contributed by atoms with van der Waals surface area (Å²) in [6.07, 6.45) is 10.0. The van der Waals surface area contributed by atoms with E-state index >= 15 is 0 Å². The lowest BCUT2D eigenvalue weighted by atomic mass is 10.1. The van der Waals surface area contributed by atoms with Gasteiger partial charge in [0.05, 0.1) is 11.4 Å². The van der Waals surface area contributed by atoms with Crippen LogP contribution in [0.2, 0.25) is 0 Å². The van der Waals surface area contributed by atoms with Gasteiger partial charge in [-0.1, -0.05) is 30.9 Å². The smallest absolute Gasteiger partial charge is 0.0937 e. The van der Waals surface area contributed by atoms with Gasteiger partial charge in [-0.25, -0.2) is 0 Å². The third-order valence-electron chi connectivity index (χ3n) is 3.60. The zero-order valence-corrected chi connectivity index (χ0v) is 16.7. The Labute approximate surface area is 153 Å². The third kappa shape index (κ3) is 6.54. The van der Waals surface area contributed by atoms with Crippen LogP contribution in [-0.4, -0.2) is 35.7 Å². The molecule has 0 saturated heterocycles. The first kappa shape index (κ1) is 20.6. The minimum absolute atomic E-state index is 0.316. The number of aromatic nitrogens is 1. The Morgan fingerprint density at radius 2 is 1.88 bits per heavy atom. The Hall–Kier alpha value is -2.42. The topological polar surface area (TPSA) is 28.5 Å². The van der Waals surface area contributed by atoms with E-state index in [9.17, 15) is 0 Å². The maximum Gasteiger partial charge on any atom is 0.0937 e. The summed E-state index contributed by atoms with van der Waals surface area (Å²) < 4.78 is 0. The molecule has 3 nitrogen and oxygen atoms in total. The second kappa shape index (κ2) is 9.77. The number of hydrogen-bond acceptors (Lipinski definition) is 3. The summed E-state index contributed by atoms with van der Waals surface area (Å²) in [7, 11) is 4.08. The van der Waals surface area contributed by atoms with Crippen LogP contribution >= 0.6 is 0 Å². The predicted octanol–water partition coefficient (Wildman–Crippen LogP) is 5.39. The molecule has 0 radical (unpaired) electrons. The van der Waals surface area contributed by atoms with Gasteiger partial charge in [0.2, 0.25) is 0 Å². The van der Waals surface area contributed by atoms with Crippen LogP contribution in [0.4, 0.5) is 0 Å². The number of allylic oxidation sites excluding steroid dienone is 5. The molecule has 3 heteroatoms. The second-order valence-corrected chi connectivity index (χ2v) is 6.66. The van der Waals surface area contributed by atoms with E-state index in [0.29, 0.717) is 6.04 Å². The Bertz CT molecular complexity index is 717. The van der Waals surface area contributed by atoms with Crippen molar-refractivity contribution in [3.05, 3.63) is 65.5 Å². The predicted molar refractivity (Wildman–Crippen MR) is 112 cm³/mol. The number of hydrogen-bond donors (Lipinski definition) is 0. The standard InChI is InChI=1S/C22H31N3/c1-9-20-11-10-14-23-21(20)22(25(7)8)18(5)13-12-17(4)15-19(6)24-16(2)3/h9-16H,1H2,2-8H3/b13-12-,17-15+,22-18+,24-19?. The highest BCUT2D eigenvalue weighted by Crippen LogP contribution is 2.24. The average Bonchev–Trinajstić information content (AvgIpc) is 2.52. The van der Waals surface area contributed by atoms with E-state index in [1.54, 1.807) is 0 Å². The Morgan fingerprint density at radius 3 is 2.44 bits per heavy atom. The van der Waals surface area contributed by atoms with Crippen molar-refractivity contribution in [2.75, 3.05) is 14.1 Å². The molecular weight excluding hydrogens is 306 g/mol. The number of pyridine rings is 1. The van der Waals surface area contributed by atoms with Crippen molar-refractivity contribution in [3.8, 4) is 0 Å². The lowest BCUT2D eigenvalue weighted by molar-refractivity contribution is 0.585. The Morgan fingerprint density at radius 1 is 1.20 bits per heavy atom. The summed E-state index contributed by atoms with van der Waals surface area (Å²) in [4.78, 5) is 11.2. The lowest BCUT2D eigenvalue weighted by Crippen LogP contribution is -2.13. The molecule has 0 fully saturated rings. The maximum absolute atomic E-state index is 4.56. The van der Waals surface area contributed by atoms with Crippen molar-refractivity contribution in [1.82, 2.24) is 9.88 Å². The molecule has 0 aromatic carbocycles. The van der Waals surface area contributed by atoms with E-state index in [1.165, 1.54) is 5.57 Å². The normalized spacial score (nSPS) is 14.1. The molecule has 0 aliphatic carbocycles. The second-order valence-electron chi connectivity index (χ2n) is 6.66. The summed E-state index contributed by atoms with van der Waals surface area (Å²) in [6.45, 7) is 14.3. The molecule has 0 aliphatic heterocycles. The number of nitrogens with zero attached hydrogens (tertiary/aromatic N) is 3. The minimum Gasteiger partial charge on any atom is -0.376 e. The first-order valence-corrected chi connectivity index (χ1v) is 8.63. The van der Waals surface area contributed by atoms with E-state index in [0.717, 1.165) is 28.2 Å². The van der Waals surface area contributed by atoms with Crippen molar-refractivity contribution in [2.45, 2.75) is 40.7 Å². The maximum atomic E-state index is 4.56. The van der Waals surface area contributed by atoms with Gasteiger partial charge in [0.1, 0.15) is 0 Å². The zero-order chi connectivity index (χ0) is 19.0. The summed E-state index contributed by atoms with van der Waals surface area (Å²) in [5, 5.41) is 0. The number of aliphatic imine (C=N–C) groups is 1. The van der Waals surface area contributed by atoms with Gasteiger partial charge < -0.3 is 4.90 Å². The summed E-state index contributed by atoms with van der Waals surface area (Å²) in [6, 6.07) is 4.28. The molecule has 0 atom stereocenters. The molecule has 1 aromatic heterocycles. The largest absolute Gasteiger partial charge is 0.376 e. The third-order valence-corrected chi connectivity index (χ3v) is 3.60. The van der Waals surface area contributed by atoms with Gasteiger partial charge >= 0.3 is 0 Å². The van der Waals surface area contributed by atoms with Crippen molar-refractivity contribution in [2.24, 2.45) is 4.99 Å². The van der Waals surface area contributed by atoms with Crippen molar-refractivity contribution >= 4 is 17.5 Å². The minimum atomic E-state index is 0.316. The monoisotopic (exact) mass is 337 g/mol. The molecule has 0 saturated carbocycles. The molecule has 0 unspecified atom stereocenters.